The molecule has 0 unspecified atom stereocenters. The fourth-order valence-electron chi connectivity index (χ4n) is 1.62. The van der Waals surface area contributed by atoms with Gasteiger partial charge in [-0.05, 0) is 30.7 Å². The molecule has 1 aromatic carbocycles. The highest BCUT2D eigenvalue weighted by Crippen LogP contribution is 2.39. The molecule has 0 N–H and O–H groups in total. The molecule has 1 aromatic rings. The average molecular weight is 177 g/mol. The molecule has 0 bridgehead atoms. The summed E-state index contributed by atoms with van der Waals surface area (Å²) in [6.45, 7) is 6.12. The van der Waals surface area contributed by atoms with E-state index in [9.17, 15) is 4.39 Å². The third-order valence-electron chi connectivity index (χ3n) is 2.82. The van der Waals surface area contributed by atoms with Gasteiger partial charge >= 0.3 is 0 Å². The van der Waals surface area contributed by atoms with Crippen LogP contribution in [0.1, 0.15) is 26.3 Å². The second-order valence-corrected chi connectivity index (χ2v) is 3.98. The summed E-state index contributed by atoms with van der Waals surface area (Å²) in [6, 6.07) is 4.77. The van der Waals surface area contributed by atoms with Gasteiger partial charge in [0.15, 0.2) is 0 Å². The Balaban J connectivity index is 2.65. The van der Waals surface area contributed by atoms with E-state index in [1.54, 1.807) is 12.1 Å². The SMILES string of the molecule is CC1=Nc2ccc(F)cc2C1(C)C. The van der Waals surface area contributed by atoms with Crippen molar-refractivity contribution in [2.45, 2.75) is 26.2 Å². The summed E-state index contributed by atoms with van der Waals surface area (Å²) >= 11 is 0. The van der Waals surface area contributed by atoms with Crippen molar-refractivity contribution in [3.63, 3.8) is 0 Å². The zero-order chi connectivity index (χ0) is 9.64. The zero-order valence-corrected chi connectivity index (χ0v) is 8.06. The molecule has 1 aliphatic rings. The first kappa shape index (κ1) is 8.42. The van der Waals surface area contributed by atoms with Crippen LogP contribution in [0.4, 0.5) is 10.1 Å². The van der Waals surface area contributed by atoms with Gasteiger partial charge < -0.3 is 0 Å². The van der Waals surface area contributed by atoms with Crippen LogP contribution in [0.2, 0.25) is 0 Å². The summed E-state index contributed by atoms with van der Waals surface area (Å²) in [7, 11) is 0. The van der Waals surface area contributed by atoms with Gasteiger partial charge in [-0.3, -0.25) is 4.99 Å². The zero-order valence-electron chi connectivity index (χ0n) is 8.06. The number of halogens is 1. The van der Waals surface area contributed by atoms with Gasteiger partial charge in [0.1, 0.15) is 5.82 Å². The number of aliphatic imine (C=N–C) groups is 1. The molecule has 2 heteroatoms. The molecule has 1 heterocycles. The van der Waals surface area contributed by atoms with Crippen molar-refractivity contribution < 1.29 is 4.39 Å². The smallest absolute Gasteiger partial charge is 0.123 e. The Bertz CT molecular complexity index is 391. The van der Waals surface area contributed by atoms with Gasteiger partial charge in [0.25, 0.3) is 0 Å². The standard InChI is InChI=1S/C11H12FN/c1-7-11(2,3)9-6-8(12)4-5-10(9)13-7/h4-6H,1-3H3. The second kappa shape index (κ2) is 2.41. The summed E-state index contributed by atoms with van der Waals surface area (Å²) in [6.07, 6.45) is 0. The van der Waals surface area contributed by atoms with E-state index in [4.69, 9.17) is 0 Å². The molecule has 2 rings (SSSR count). The normalized spacial score (nSPS) is 18.3. The maximum absolute atomic E-state index is 13.0. The lowest BCUT2D eigenvalue weighted by Gasteiger charge is -2.19. The monoisotopic (exact) mass is 177 g/mol. The van der Waals surface area contributed by atoms with Gasteiger partial charge in [-0.25, -0.2) is 4.39 Å². The molecule has 13 heavy (non-hydrogen) atoms. The van der Waals surface area contributed by atoms with Crippen molar-refractivity contribution in [1.29, 1.82) is 0 Å². The van der Waals surface area contributed by atoms with Gasteiger partial charge in [0.2, 0.25) is 0 Å². The molecule has 1 nitrogen and oxygen atoms in total. The van der Waals surface area contributed by atoms with E-state index >= 15 is 0 Å². The molecule has 68 valence electrons. The summed E-state index contributed by atoms with van der Waals surface area (Å²) < 4.78 is 13.0. The van der Waals surface area contributed by atoms with E-state index in [0.29, 0.717) is 0 Å². The van der Waals surface area contributed by atoms with Crippen LogP contribution in [-0.4, -0.2) is 5.71 Å². The molecular weight excluding hydrogens is 165 g/mol. The number of fused-ring (bicyclic) bond motifs is 1. The van der Waals surface area contributed by atoms with E-state index in [0.717, 1.165) is 17.0 Å². The van der Waals surface area contributed by atoms with Gasteiger partial charge in [-0.2, -0.15) is 0 Å². The van der Waals surface area contributed by atoms with Crippen LogP contribution < -0.4 is 0 Å². The van der Waals surface area contributed by atoms with Gasteiger partial charge in [-0.1, -0.05) is 13.8 Å². The Kier molecular flexibility index (Phi) is 1.56. The maximum atomic E-state index is 13.0. The number of rotatable bonds is 0. The molecule has 0 fully saturated rings. The van der Waals surface area contributed by atoms with Crippen LogP contribution in [-0.2, 0) is 5.41 Å². The third-order valence-corrected chi connectivity index (χ3v) is 2.82. The lowest BCUT2D eigenvalue weighted by molar-refractivity contribution is 0.619. The van der Waals surface area contributed by atoms with Crippen LogP contribution in [0.15, 0.2) is 23.2 Å². The highest BCUT2D eigenvalue weighted by molar-refractivity contribution is 5.99. The van der Waals surface area contributed by atoms with Gasteiger partial charge in [0.05, 0.1) is 5.69 Å². The Morgan fingerprint density at radius 2 is 2.00 bits per heavy atom. The first-order valence-electron chi connectivity index (χ1n) is 4.37. The van der Waals surface area contributed by atoms with Gasteiger partial charge in [-0.15, -0.1) is 0 Å². The molecule has 0 amide bonds. The summed E-state index contributed by atoms with van der Waals surface area (Å²) in [5, 5.41) is 0. The molecule has 0 aromatic heterocycles. The quantitative estimate of drug-likeness (QED) is 0.577. The van der Waals surface area contributed by atoms with E-state index in [1.165, 1.54) is 6.07 Å². The minimum absolute atomic E-state index is 0.114. The van der Waals surface area contributed by atoms with Crippen molar-refractivity contribution in [2.75, 3.05) is 0 Å². The van der Waals surface area contributed by atoms with Crippen molar-refractivity contribution >= 4 is 11.4 Å². The highest BCUT2D eigenvalue weighted by Gasteiger charge is 2.32. The third kappa shape index (κ3) is 1.09. The topological polar surface area (TPSA) is 12.4 Å². The number of benzene rings is 1. The predicted molar refractivity (Wildman–Crippen MR) is 52.2 cm³/mol. The molecular formula is C11H12FN. The fourth-order valence-corrected chi connectivity index (χ4v) is 1.62. The molecule has 0 saturated heterocycles. The van der Waals surface area contributed by atoms with Crippen LogP contribution >= 0.6 is 0 Å². The van der Waals surface area contributed by atoms with Crippen molar-refractivity contribution in [1.82, 2.24) is 0 Å². The van der Waals surface area contributed by atoms with E-state index < -0.39 is 0 Å². The molecule has 0 atom stereocenters. The van der Waals surface area contributed by atoms with Crippen molar-refractivity contribution in [3.05, 3.63) is 29.6 Å². The van der Waals surface area contributed by atoms with Gasteiger partial charge in [0, 0.05) is 11.1 Å². The van der Waals surface area contributed by atoms with E-state index in [-0.39, 0.29) is 11.2 Å². The number of hydrogen-bond donors (Lipinski definition) is 0. The summed E-state index contributed by atoms with van der Waals surface area (Å²) in [4.78, 5) is 4.40. The van der Waals surface area contributed by atoms with Crippen LogP contribution in [0.25, 0.3) is 0 Å². The predicted octanol–water partition coefficient (Wildman–Crippen LogP) is 3.21. The van der Waals surface area contributed by atoms with E-state index in [2.05, 4.69) is 18.8 Å². The molecule has 1 aliphatic heterocycles. The van der Waals surface area contributed by atoms with Crippen molar-refractivity contribution in [2.24, 2.45) is 4.99 Å². The first-order valence-corrected chi connectivity index (χ1v) is 4.37. The minimum Gasteiger partial charge on any atom is -0.257 e. The van der Waals surface area contributed by atoms with Crippen LogP contribution in [0, 0.1) is 5.82 Å². The molecule has 0 saturated carbocycles. The Hall–Kier alpha value is -1.18. The number of hydrogen-bond acceptors (Lipinski definition) is 1. The molecule has 0 spiro atoms. The highest BCUT2D eigenvalue weighted by atomic mass is 19.1. The maximum Gasteiger partial charge on any atom is 0.123 e. The lowest BCUT2D eigenvalue weighted by Crippen LogP contribution is -2.22. The minimum atomic E-state index is -0.184. The molecule has 0 aliphatic carbocycles. The average Bonchev–Trinajstić information content (AvgIpc) is 2.27. The Morgan fingerprint density at radius 3 is 2.69 bits per heavy atom. The lowest BCUT2D eigenvalue weighted by atomic mass is 9.82. The summed E-state index contributed by atoms with van der Waals surface area (Å²) in [5.74, 6) is -0.184. The largest absolute Gasteiger partial charge is 0.257 e. The van der Waals surface area contributed by atoms with E-state index in [1.807, 2.05) is 6.92 Å². The Labute approximate surface area is 77.3 Å². The summed E-state index contributed by atoms with van der Waals surface area (Å²) in [5.41, 5.74) is 2.83. The Morgan fingerprint density at radius 1 is 1.31 bits per heavy atom. The fraction of sp³-hybridized carbons (Fsp3) is 0.364. The van der Waals surface area contributed by atoms with Crippen molar-refractivity contribution in [3.8, 4) is 0 Å². The second-order valence-electron chi connectivity index (χ2n) is 3.98. The van der Waals surface area contributed by atoms with Crippen LogP contribution in [0.5, 0.6) is 0 Å². The van der Waals surface area contributed by atoms with Crippen LogP contribution in [0.3, 0.4) is 0 Å². The molecule has 0 radical (unpaired) electrons. The first-order chi connectivity index (χ1) is 6.01. The number of nitrogens with zero attached hydrogens (tertiary/aromatic N) is 1.